The monoisotopic (exact) mass is 237 g/mol. The number of halogens is 1. The first-order valence-electron chi connectivity index (χ1n) is 5.21. The highest BCUT2D eigenvalue weighted by Gasteiger charge is 1.92. The number of aryl methyl sites for hydroxylation is 1. The van der Waals surface area contributed by atoms with Gasteiger partial charge in [-0.3, -0.25) is 4.99 Å². The van der Waals surface area contributed by atoms with Gasteiger partial charge in [-0.25, -0.2) is 0 Å². The molecule has 0 aromatic heterocycles. The molecule has 1 aromatic rings. The maximum Gasteiger partial charge on any atom is 0.0747 e. The van der Waals surface area contributed by atoms with E-state index in [4.69, 9.17) is 17.4 Å². The average Bonchev–Trinajstić information content (AvgIpc) is 2.31. The summed E-state index contributed by atoms with van der Waals surface area (Å²) in [6, 6.07) is 7.90. The van der Waals surface area contributed by atoms with Gasteiger partial charge < -0.3 is 5.84 Å². The maximum atomic E-state index is 5.80. The van der Waals surface area contributed by atoms with Crippen molar-refractivity contribution in [3.05, 3.63) is 34.9 Å². The van der Waals surface area contributed by atoms with Crippen molar-refractivity contribution in [2.24, 2.45) is 15.9 Å². The fourth-order valence-corrected chi connectivity index (χ4v) is 1.38. The normalized spacial score (nSPS) is 12.2. The number of hydrogen-bond donors (Lipinski definition) is 1. The molecule has 0 saturated carbocycles. The van der Waals surface area contributed by atoms with Gasteiger partial charge in [0.25, 0.3) is 0 Å². The third-order valence-corrected chi connectivity index (χ3v) is 2.40. The molecule has 2 N–H and O–H groups in total. The molecule has 16 heavy (non-hydrogen) atoms. The lowest BCUT2D eigenvalue weighted by molar-refractivity contribution is 0.836. The number of hydrazone groups is 1. The SMILES string of the molecule is CC(C=NCCCc1ccc(Cl)cc1)=NN. The summed E-state index contributed by atoms with van der Waals surface area (Å²) in [4.78, 5) is 4.21. The van der Waals surface area contributed by atoms with Crippen LogP contribution < -0.4 is 5.84 Å². The van der Waals surface area contributed by atoms with Crippen molar-refractivity contribution in [1.82, 2.24) is 0 Å². The van der Waals surface area contributed by atoms with Gasteiger partial charge in [0.05, 0.1) is 5.71 Å². The summed E-state index contributed by atoms with van der Waals surface area (Å²) in [6.07, 6.45) is 3.71. The van der Waals surface area contributed by atoms with Crippen molar-refractivity contribution in [3.8, 4) is 0 Å². The minimum absolute atomic E-state index is 0.742. The van der Waals surface area contributed by atoms with Crippen LogP contribution in [0, 0.1) is 0 Å². The van der Waals surface area contributed by atoms with E-state index in [0.29, 0.717) is 0 Å². The smallest absolute Gasteiger partial charge is 0.0747 e. The van der Waals surface area contributed by atoms with Crippen molar-refractivity contribution < 1.29 is 0 Å². The Balaban J connectivity index is 2.26. The van der Waals surface area contributed by atoms with E-state index >= 15 is 0 Å². The Morgan fingerprint density at radius 1 is 1.38 bits per heavy atom. The van der Waals surface area contributed by atoms with E-state index in [0.717, 1.165) is 30.1 Å². The van der Waals surface area contributed by atoms with Crippen LogP contribution in [0.25, 0.3) is 0 Å². The van der Waals surface area contributed by atoms with Gasteiger partial charge in [0.2, 0.25) is 0 Å². The highest BCUT2D eigenvalue weighted by molar-refractivity contribution is 6.30. The zero-order chi connectivity index (χ0) is 11.8. The summed E-state index contributed by atoms with van der Waals surface area (Å²) in [5.41, 5.74) is 2.02. The Morgan fingerprint density at radius 2 is 2.06 bits per heavy atom. The van der Waals surface area contributed by atoms with E-state index in [1.807, 2.05) is 31.2 Å². The number of hydrogen-bond acceptors (Lipinski definition) is 3. The van der Waals surface area contributed by atoms with Gasteiger partial charge in [0.1, 0.15) is 0 Å². The van der Waals surface area contributed by atoms with Crippen molar-refractivity contribution in [2.75, 3.05) is 6.54 Å². The molecule has 1 aromatic carbocycles. The number of nitrogens with two attached hydrogens (primary N) is 1. The predicted octanol–water partition coefficient (Wildman–Crippen LogP) is 2.68. The first-order chi connectivity index (χ1) is 7.72. The molecule has 0 aliphatic rings. The molecule has 0 bridgehead atoms. The van der Waals surface area contributed by atoms with Crippen LogP contribution in [-0.2, 0) is 6.42 Å². The Bertz CT molecular complexity index is 368. The van der Waals surface area contributed by atoms with Gasteiger partial charge in [-0.15, -0.1) is 0 Å². The van der Waals surface area contributed by atoms with E-state index in [1.54, 1.807) is 6.21 Å². The van der Waals surface area contributed by atoms with Crippen LogP contribution in [-0.4, -0.2) is 18.5 Å². The van der Waals surface area contributed by atoms with Crippen molar-refractivity contribution in [3.63, 3.8) is 0 Å². The van der Waals surface area contributed by atoms with Crippen LogP contribution >= 0.6 is 11.6 Å². The lowest BCUT2D eigenvalue weighted by atomic mass is 10.1. The quantitative estimate of drug-likeness (QED) is 0.364. The molecule has 1 rings (SSSR count). The van der Waals surface area contributed by atoms with Gasteiger partial charge in [0, 0.05) is 17.8 Å². The Labute approximate surface area is 101 Å². The van der Waals surface area contributed by atoms with E-state index < -0.39 is 0 Å². The minimum Gasteiger partial charge on any atom is -0.323 e. The standard InChI is InChI=1S/C12H16ClN3/c1-10(16-14)9-15-8-2-3-11-4-6-12(13)7-5-11/h4-7,9H,2-3,8,14H2,1H3. The largest absolute Gasteiger partial charge is 0.323 e. The third kappa shape index (κ3) is 4.94. The zero-order valence-electron chi connectivity index (χ0n) is 9.36. The molecule has 0 heterocycles. The second kappa shape index (κ2) is 7.01. The molecule has 0 unspecified atom stereocenters. The first kappa shape index (κ1) is 12.7. The molecule has 0 saturated heterocycles. The molecule has 4 heteroatoms. The summed E-state index contributed by atoms with van der Waals surface area (Å²) in [7, 11) is 0. The van der Waals surface area contributed by atoms with Crippen LogP contribution in [0.5, 0.6) is 0 Å². The molecule has 86 valence electrons. The fourth-order valence-electron chi connectivity index (χ4n) is 1.26. The zero-order valence-corrected chi connectivity index (χ0v) is 10.1. The molecular formula is C12H16ClN3. The van der Waals surface area contributed by atoms with E-state index in [1.165, 1.54) is 5.56 Å². The molecule has 0 fully saturated rings. The molecule has 0 aliphatic heterocycles. The highest BCUT2D eigenvalue weighted by Crippen LogP contribution is 2.10. The second-order valence-electron chi connectivity index (χ2n) is 3.54. The molecular weight excluding hydrogens is 222 g/mol. The van der Waals surface area contributed by atoms with Gasteiger partial charge in [-0.2, -0.15) is 5.10 Å². The third-order valence-electron chi connectivity index (χ3n) is 2.15. The summed E-state index contributed by atoms with van der Waals surface area (Å²) in [5, 5.41) is 4.28. The number of benzene rings is 1. The molecule has 0 radical (unpaired) electrons. The average molecular weight is 238 g/mol. The van der Waals surface area contributed by atoms with Crippen molar-refractivity contribution >= 4 is 23.5 Å². The van der Waals surface area contributed by atoms with Crippen LogP contribution in [0.2, 0.25) is 5.02 Å². The lowest BCUT2D eigenvalue weighted by Crippen LogP contribution is -1.98. The second-order valence-corrected chi connectivity index (χ2v) is 3.97. The topological polar surface area (TPSA) is 50.7 Å². The fraction of sp³-hybridized carbons (Fsp3) is 0.333. The molecule has 0 aliphatic carbocycles. The van der Waals surface area contributed by atoms with E-state index in [-0.39, 0.29) is 0 Å². The minimum atomic E-state index is 0.742. The maximum absolute atomic E-state index is 5.80. The van der Waals surface area contributed by atoms with Crippen LogP contribution in [0.3, 0.4) is 0 Å². The number of aliphatic imine (C=N–C) groups is 1. The summed E-state index contributed by atoms with van der Waals surface area (Å²) >= 11 is 5.80. The van der Waals surface area contributed by atoms with Crippen LogP contribution in [0.1, 0.15) is 18.9 Å². The predicted molar refractivity (Wildman–Crippen MR) is 70.4 cm³/mol. The molecule has 0 atom stereocenters. The summed E-state index contributed by atoms with van der Waals surface area (Å²) < 4.78 is 0. The van der Waals surface area contributed by atoms with Crippen molar-refractivity contribution in [2.45, 2.75) is 19.8 Å². The van der Waals surface area contributed by atoms with Gasteiger partial charge >= 0.3 is 0 Å². The first-order valence-corrected chi connectivity index (χ1v) is 5.59. The Hall–Kier alpha value is -1.35. The van der Waals surface area contributed by atoms with E-state index in [9.17, 15) is 0 Å². The Morgan fingerprint density at radius 3 is 2.69 bits per heavy atom. The van der Waals surface area contributed by atoms with Gasteiger partial charge in [0.15, 0.2) is 0 Å². The lowest BCUT2D eigenvalue weighted by Gasteiger charge is -1.99. The van der Waals surface area contributed by atoms with Crippen molar-refractivity contribution in [1.29, 1.82) is 0 Å². The van der Waals surface area contributed by atoms with Crippen LogP contribution in [0.4, 0.5) is 0 Å². The van der Waals surface area contributed by atoms with Gasteiger partial charge in [-0.05, 0) is 37.5 Å². The highest BCUT2D eigenvalue weighted by atomic mass is 35.5. The molecule has 0 spiro atoms. The van der Waals surface area contributed by atoms with Crippen LogP contribution in [0.15, 0.2) is 34.4 Å². The summed E-state index contributed by atoms with van der Waals surface area (Å²) in [5.74, 6) is 5.08. The van der Waals surface area contributed by atoms with Gasteiger partial charge in [-0.1, -0.05) is 23.7 Å². The number of rotatable bonds is 5. The summed E-state index contributed by atoms with van der Waals surface area (Å²) in [6.45, 7) is 2.61. The molecule has 3 nitrogen and oxygen atoms in total. The Kier molecular flexibility index (Phi) is 5.57. The van der Waals surface area contributed by atoms with E-state index in [2.05, 4.69) is 10.1 Å². The number of nitrogens with zero attached hydrogens (tertiary/aromatic N) is 2. The molecule has 0 amide bonds.